The summed E-state index contributed by atoms with van der Waals surface area (Å²) in [4.78, 5) is 8.61. The Hall–Kier alpha value is -1.85. The van der Waals surface area contributed by atoms with E-state index in [1.807, 2.05) is 31.2 Å². The Bertz CT molecular complexity index is 536. The molecule has 0 amide bonds. The van der Waals surface area contributed by atoms with Gasteiger partial charge in [-0.3, -0.25) is 0 Å². The van der Waals surface area contributed by atoms with Crippen LogP contribution in [0.4, 0.5) is 11.6 Å². The van der Waals surface area contributed by atoms with E-state index in [2.05, 4.69) is 20.7 Å². The number of hydrogen-bond acceptors (Lipinski definition) is 5. The Kier molecular flexibility index (Phi) is 4.54. The van der Waals surface area contributed by atoms with Gasteiger partial charge in [-0.2, -0.15) is 0 Å². The smallest absolute Gasteiger partial charge is 0.145 e. The van der Waals surface area contributed by atoms with Crippen molar-refractivity contribution >= 4 is 23.2 Å². The van der Waals surface area contributed by atoms with Gasteiger partial charge in [-0.15, -0.1) is 0 Å². The van der Waals surface area contributed by atoms with Crippen LogP contribution in [0.15, 0.2) is 30.3 Å². The molecule has 2 aromatic rings. The summed E-state index contributed by atoms with van der Waals surface area (Å²) in [6, 6.07) is 9.45. The first kappa shape index (κ1) is 13.6. The third-order valence-electron chi connectivity index (χ3n) is 2.65. The number of benzene rings is 1. The van der Waals surface area contributed by atoms with Gasteiger partial charge in [0.15, 0.2) is 0 Å². The molecule has 4 N–H and O–H groups in total. The zero-order chi connectivity index (χ0) is 13.7. The van der Waals surface area contributed by atoms with Crippen LogP contribution in [0.2, 0.25) is 5.02 Å². The summed E-state index contributed by atoms with van der Waals surface area (Å²) in [7, 11) is 0. The van der Waals surface area contributed by atoms with Gasteiger partial charge in [0.2, 0.25) is 0 Å². The van der Waals surface area contributed by atoms with Crippen LogP contribution in [0.1, 0.15) is 18.3 Å². The molecular weight excluding hydrogens is 262 g/mol. The Morgan fingerprint density at radius 3 is 2.63 bits per heavy atom. The second-order valence-corrected chi connectivity index (χ2v) is 4.40. The highest BCUT2D eigenvalue weighted by Gasteiger charge is 2.04. The lowest BCUT2D eigenvalue weighted by molar-refractivity contribution is 0.931. The first-order valence-electron chi connectivity index (χ1n) is 6.04. The van der Waals surface area contributed by atoms with Gasteiger partial charge in [-0.1, -0.05) is 36.7 Å². The minimum absolute atomic E-state index is 0.591. The molecule has 0 bridgehead atoms. The van der Waals surface area contributed by atoms with Gasteiger partial charge >= 0.3 is 0 Å². The number of rotatable bonds is 5. The number of hydrogen-bond donors (Lipinski definition) is 3. The average Bonchev–Trinajstić information content (AvgIpc) is 2.46. The standard InChI is InChI=1S/C13H16ClN5/c1-2-11-17-12(7-13(18-11)19-15)16-8-9-5-3-4-6-10(9)14/h3-7H,2,8,15H2,1H3,(H2,16,17,18,19). The lowest BCUT2D eigenvalue weighted by Crippen LogP contribution is -2.12. The molecule has 6 heteroatoms. The fraction of sp³-hybridized carbons (Fsp3) is 0.231. The van der Waals surface area contributed by atoms with Crippen molar-refractivity contribution in [2.75, 3.05) is 10.7 Å². The molecule has 0 spiro atoms. The van der Waals surface area contributed by atoms with Crippen LogP contribution >= 0.6 is 11.6 Å². The van der Waals surface area contributed by atoms with Crippen LogP contribution in [0.25, 0.3) is 0 Å². The highest BCUT2D eigenvalue weighted by atomic mass is 35.5. The molecular formula is C13H16ClN5. The number of aromatic nitrogens is 2. The molecule has 0 radical (unpaired) electrons. The fourth-order valence-corrected chi connectivity index (χ4v) is 1.85. The molecule has 0 aliphatic rings. The van der Waals surface area contributed by atoms with Gasteiger partial charge in [0, 0.05) is 24.1 Å². The molecule has 0 aliphatic carbocycles. The van der Waals surface area contributed by atoms with Crippen molar-refractivity contribution in [1.82, 2.24) is 9.97 Å². The van der Waals surface area contributed by atoms with E-state index in [1.165, 1.54) is 0 Å². The first-order chi connectivity index (χ1) is 9.22. The van der Waals surface area contributed by atoms with Crippen LogP contribution in [-0.2, 0) is 13.0 Å². The molecule has 0 saturated carbocycles. The molecule has 0 fully saturated rings. The van der Waals surface area contributed by atoms with Crippen LogP contribution in [0, 0.1) is 0 Å². The van der Waals surface area contributed by atoms with E-state index in [-0.39, 0.29) is 0 Å². The number of nitrogens with two attached hydrogens (primary N) is 1. The fourth-order valence-electron chi connectivity index (χ4n) is 1.65. The predicted octanol–water partition coefficient (Wildman–Crippen LogP) is 2.59. The van der Waals surface area contributed by atoms with Crippen LogP contribution in [-0.4, -0.2) is 9.97 Å². The van der Waals surface area contributed by atoms with Gasteiger partial charge in [-0.05, 0) is 11.6 Å². The maximum atomic E-state index is 6.10. The summed E-state index contributed by atoms with van der Waals surface area (Å²) in [6.07, 6.45) is 0.746. The Balaban J connectivity index is 2.13. The normalized spacial score (nSPS) is 10.3. The highest BCUT2D eigenvalue weighted by molar-refractivity contribution is 6.31. The maximum Gasteiger partial charge on any atom is 0.145 e. The highest BCUT2D eigenvalue weighted by Crippen LogP contribution is 2.17. The zero-order valence-corrected chi connectivity index (χ0v) is 11.4. The van der Waals surface area contributed by atoms with E-state index in [0.29, 0.717) is 12.4 Å². The summed E-state index contributed by atoms with van der Waals surface area (Å²) >= 11 is 6.10. The number of anilines is 2. The molecule has 1 heterocycles. The molecule has 0 unspecified atom stereocenters. The van der Waals surface area contributed by atoms with Crippen molar-refractivity contribution in [3.05, 3.63) is 46.7 Å². The number of hydrazine groups is 1. The number of nitrogens with zero attached hydrogens (tertiary/aromatic N) is 2. The van der Waals surface area contributed by atoms with Crippen LogP contribution in [0.5, 0.6) is 0 Å². The SMILES string of the molecule is CCc1nc(NN)cc(NCc2ccccc2Cl)n1. The van der Waals surface area contributed by atoms with Crippen LogP contribution in [0.3, 0.4) is 0 Å². The first-order valence-corrected chi connectivity index (χ1v) is 6.42. The second kappa shape index (κ2) is 6.36. The minimum atomic E-state index is 0.591. The Morgan fingerprint density at radius 2 is 1.95 bits per heavy atom. The maximum absolute atomic E-state index is 6.10. The largest absolute Gasteiger partial charge is 0.366 e. The molecule has 0 aliphatic heterocycles. The van der Waals surface area contributed by atoms with Crippen molar-refractivity contribution in [3.63, 3.8) is 0 Å². The van der Waals surface area contributed by atoms with Gasteiger partial charge in [0.25, 0.3) is 0 Å². The third-order valence-corrected chi connectivity index (χ3v) is 3.02. The van der Waals surface area contributed by atoms with Gasteiger partial charge in [0.05, 0.1) is 0 Å². The van der Waals surface area contributed by atoms with Gasteiger partial charge in [0.1, 0.15) is 17.5 Å². The van der Waals surface area contributed by atoms with E-state index in [4.69, 9.17) is 17.4 Å². The topological polar surface area (TPSA) is 75.9 Å². The second-order valence-electron chi connectivity index (χ2n) is 4.00. The predicted molar refractivity (Wildman–Crippen MR) is 78.0 cm³/mol. The van der Waals surface area contributed by atoms with Crippen molar-refractivity contribution in [2.45, 2.75) is 19.9 Å². The number of nitrogens with one attached hydrogen (secondary N) is 2. The number of halogens is 1. The van der Waals surface area contributed by atoms with E-state index in [0.717, 1.165) is 28.6 Å². The summed E-state index contributed by atoms with van der Waals surface area (Å²) in [5.41, 5.74) is 3.55. The minimum Gasteiger partial charge on any atom is -0.366 e. The monoisotopic (exact) mass is 277 g/mol. The third kappa shape index (κ3) is 3.56. The van der Waals surface area contributed by atoms with E-state index in [9.17, 15) is 0 Å². The molecule has 2 rings (SSSR count). The Morgan fingerprint density at radius 1 is 1.21 bits per heavy atom. The van der Waals surface area contributed by atoms with E-state index in [1.54, 1.807) is 6.07 Å². The summed E-state index contributed by atoms with van der Waals surface area (Å²) < 4.78 is 0. The molecule has 19 heavy (non-hydrogen) atoms. The summed E-state index contributed by atoms with van der Waals surface area (Å²) in [5, 5.41) is 3.95. The molecule has 0 saturated heterocycles. The van der Waals surface area contributed by atoms with Gasteiger partial charge in [-0.25, -0.2) is 15.8 Å². The van der Waals surface area contributed by atoms with Crippen LogP contribution < -0.4 is 16.6 Å². The van der Waals surface area contributed by atoms with Crippen molar-refractivity contribution in [3.8, 4) is 0 Å². The molecule has 1 aromatic carbocycles. The molecule has 100 valence electrons. The molecule has 0 atom stereocenters. The zero-order valence-electron chi connectivity index (χ0n) is 10.7. The van der Waals surface area contributed by atoms with E-state index >= 15 is 0 Å². The summed E-state index contributed by atoms with van der Waals surface area (Å²) in [6.45, 7) is 2.59. The van der Waals surface area contributed by atoms with E-state index < -0.39 is 0 Å². The Labute approximate surface area is 117 Å². The molecule has 5 nitrogen and oxygen atoms in total. The van der Waals surface area contributed by atoms with Crippen molar-refractivity contribution < 1.29 is 0 Å². The number of aryl methyl sites for hydroxylation is 1. The number of nitrogen functional groups attached to an aromatic ring is 1. The van der Waals surface area contributed by atoms with Crippen molar-refractivity contribution in [2.24, 2.45) is 5.84 Å². The molecule has 1 aromatic heterocycles. The lowest BCUT2D eigenvalue weighted by atomic mass is 10.2. The van der Waals surface area contributed by atoms with Crippen molar-refractivity contribution in [1.29, 1.82) is 0 Å². The summed E-state index contributed by atoms with van der Waals surface area (Å²) in [5.74, 6) is 7.43. The lowest BCUT2D eigenvalue weighted by Gasteiger charge is -2.10. The quantitative estimate of drug-likeness (QED) is 0.578. The van der Waals surface area contributed by atoms with Gasteiger partial charge < -0.3 is 10.7 Å². The average molecular weight is 278 g/mol.